The molecule has 5 heterocycles. The fraction of sp³-hybridized carbons (Fsp3) is 0.333. The van der Waals surface area contributed by atoms with Crippen molar-refractivity contribution in [1.29, 1.82) is 0 Å². The van der Waals surface area contributed by atoms with Gasteiger partial charge >= 0.3 is 0 Å². The maximum absolute atomic E-state index is 6.10. The largest absolute Gasteiger partial charge is 0.420 e. The van der Waals surface area contributed by atoms with E-state index in [2.05, 4.69) is 62.6 Å². The van der Waals surface area contributed by atoms with Gasteiger partial charge in [-0.1, -0.05) is 13.8 Å². The van der Waals surface area contributed by atoms with Crippen LogP contribution in [0.3, 0.4) is 0 Å². The van der Waals surface area contributed by atoms with Gasteiger partial charge in [-0.15, -0.1) is 10.2 Å². The first-order valence-corrected chi connectivity index (χ1v) is 11.2. The smallest absolute Gasteiger partial charge is 0.247 e. The number of nitrogens with one attached hydrogen (secondary N) is 2. The van der Waals surface area contributed by atoms with E-state index in [4.69, 9.17) is 4.42 Å². The summed E-state index contributed by atoms with van der Waals surface area (Å²) in [5, 5.41) is 17.6. The number of rotatable bonds is 4. The molecule has 1 fully saturated rings. The van der Waals surface area contributed by atoms with Crippen LogP contribution in [-0.4, -0.2) is 42.9 Å². The zero-order chi connectivity index (χ0) is 21.7. The quantitative estimate of drug-likeness (QED) is 0.438. The van der Waals surface area contributed by atoms with Gasteiger partial charge in [-0.05, 0) is 61.2 Å². The van der Waals surface area contributed by atoms with E-state index >= 15 is 0 Å². The number of nitrogens with zero attached hydrogens (tertiary/aromatic N) is 5. The minimum absolute atomic E-state index is 0.297. The van der Waals surface area contributed by atoms with Gasteiger partial charge in [0.15, 0.2) is 5.65 Å². The van der Waals surface area contributed by atoms with Crippen molar-refractivity contribution in [3.05, 3.63) is 54.3 Å². The topological polar surface area (TPSA) is 96.9 Å². The van der Waals surface area contributed by atoms with Crippen molar-refractivity contribution in [3.63, 3.8) is 0 Å². The van der Waals surface area contributed by atoms with E-state index in [1.807, 2.05) is 18.3 Å². The van der Waals surface area contributed by atoms with Crippen LogP contribution in [0, 0.1) is 0 Å². The summed E-state index contributed by atoms with van der Waals surface area (Å²) in [5.41, 5.74) is 6.30. The molecule has 8 heteroatoms. The van der Waals surface area contributed by atoms with E-state index in [9.17, 15) is 0 Å². The predicted molar refractivity (Wildman–Crippen MR) is 123 cm³/mol. The van der Waals surface area contributed by atoms with Crippen LogP contribution in [0.15, 0.2) is 47.3 Å². The van der Waals surface area contributed by atoms with E-state index < -0.39 is 0 Å². The normalized spacial score (nSPS) is 17.0. The van der Waals surface area contributed by atoms with Gasteiger partial charge < -0.3 is 14.7 Å². The second-order valence-corrected chi connectivity index (χ2v) is 8.80. The van der Waals surface area contributed by atoms with Crippen molar-refractivity contribution >= 4 is 16.6 Å². The Morgan fingerprint density at radius 2 is 2.03 bits per heavy atom. The molecule has 8 nitrogen and oxygen atoms in total. The molecule has 0 unspecified atom stereocenters. The van der Waals surface area contributed by atoms with Crippen molar-refractivity contribution in [2.24, 2.45) is 0 Å². The van der Waals surface area contributed by atoms with Gasteiger partial charge in [-0.3, -0.25) is 0 Å². The molecule has 0 spiro atoms. The van der Waals surface area contributed by atoms with Crippen LogP contribution in [0.1, 0.15) is 50.0 Å². The Morgan fingerprint density at radius 1 is 1.12 bits per heavy atom. The van der Waals surface area contributed by atoms with Crippen molar-refractivity contribution in [3.8, 4) is 22.7 Å². The molecule has 0 bridgehead atoms. The van der Waals surface area contributed by atoms with E-state index in [1.54, 1.807) is 10.8 Å². The molecular weight excluding hydrogens is 402 g/mol. The maximum atomic E-state index is 6.10. The fourth-order valence-corrected chi connectivity index (χ4v) is 4.72. The number of piperidine rings is 1. The highest BCUT2D eigenvalue weighted by Gasteiger charge is 2.22. The lowest BCUT2D eigenvalue weighted by Crippen LogP contribution is -2.28. The van der Waals surface area contributed by atoms with Crippen LogP contribution in [0.2, 0.25) is 0 Å². The van der Waals surface area contributed by atoms with Crippen LogP contribution < -0.4 is 5.32 Å². The van der Waals surface area contributed by atoms with Gasteiger partial charge in [0.05, 0.1) is 5.69 Å². The number of benzene rings is 1. The lowest BCUT2D eigenvalue weighted by molar-refractivity contribution is 0.380. The van der Waals surface area contributed by atoms with Crippen LogP contribution in [0.5, 0.6) is 0 Å². The Morgan fingerprint density at radius 3 is 2.88 bits per heavy atom. The molecule has 32 heavy (non-hydrogen) atoms. The predicted octanol–water partition coefficient (Wildman–Crippen LogP) is 4.52. The summed E-state index contributed by atoms with van der Waals surface area (Å²) in [6.07, 6.45) is 5.81. The summed E-state index contributed by atoms with van der Waals surface area (Å²) in [6, 6.07) is 10.4. The maximum Gasteiger partial charge on any atom is 0.247 e. The number of aromatic nitrogens is 6. The van der Waals surface area contributed by atoms with Crippen molar-refractivity contribution in [1.82, 2.24) is 35.1 Å². The highest BCUT2D eigenvalue weighted by Crippen LogP contribution is 2.37. The lowest BCUT2D eigenvalue weighted by atomic mass is 9.96. The summed E-state index contributed by atoms with van der Waals surface area (Å²) in [4.78, 5) is 7.87. The van der Waals surface area contributed by atoms with Gasteiger partial charge in [0.1, 0.15) is 6.33 Å². The average Bonchev–Trinajstić information content (AvgIpc) is 3.56. The molecular formula is C24H25N7O. The van der Waals surface area contributed by atoms with Crippen molar-refractivity contribution < 1.29 is 4.42 Å². The van der Waals surface area contributed by atoms with Gasteiger partial charge in [-0.2, -0.15) is 5.10 Å². The summed E-state index contributed by atoms with van der Waals surface area (Å²) >= 11 is 0. The molecule has 0 aliphatic carbocycles. The third-order valence-electron chi connectivity index (χ3n) is 6.31. The summed E-state index contributed by atoms with van der Waals surface area (Å²) in [7, 11) is 0. The van der Waals surface area contributed by atoms with E-state index in [1.165, 1.54) is 10.9 Å². The number of pyridine rings is 1. The third-order valence-corrected chi connectivity index (χ3v) is 6.31. The first kappa shape index (κ1) is 19.2. The van der Waals surface area contributed by atoms with E-state index in [0.29, 0.717) is 17.7 Å². The first-order chi connectivity index (χ1) is 15.7. The van der Waals surface area contributed by atoms with Crippen LogP contribution in [-0.2, 0) is 0 Å². The number of hydrogen-bond donors (Lipinski definition) is 2. The lowest BCUT2D eigenvalue weighted by Gasteiger charge is -2.18. The SMILES string of the molecule is CC(C)c1c(-c2ccc3ncnn3c2)[nH]c2ccc(-c3nnc([C@@H]4CCCNC4)o3)cc12. The molecule has 1 aromatic carbocycles. The van der Waals surface area contributed by atoms with Crippen molar-refractivity contribution in [2.45, 2.75) is 38.5 Å². The highest BCUT2D eigenvalue weighted by molar-refractivity contribution is 5.93. The molecule has 0 amide bonds. The Hall–Kier alpha value is -3.52. The summed E-state index contributed by atoms with van der Waals surface area (Å²) in [6.45, 7) is 6.39. The second-order valence-electron chi connectivity index (χ2n) is 8.80. The molecule has 6 rings (SSSR count). The zero-order valence-electron chi connectivity index (χ0n) is 18.2. The molecule has 1 atom stereocenters. The number of fused-ring (bicyclic) bond motifs is 2. The summed E-state index contributed by atoms with van der Waals surface area (Å²) < 4.78 is 7.90. The minimum Gasteiger partial charge on any atom is -0.420 e. The standard InChI is InChI=1S/C24H25N7O/c1-14(2)21-18-10-15(23-29-30-24(32-23)16-4-3-9-25-11-16)5-7-19(18)28-22(21)17-6-8-20-26-13-27-31(20)12-17/h5-8,10,12-14,16,25,28H,3-4,9,11H2,1-2H3/t16-/m1/s1. The molecule has 0 saturated carbocycles. The highest BCUT2D eigenvalue weighted by atomic mass is 16.4. The number of aromatic amines is 1. The molecule has 0 radical (unpaired) electrons. The summed E-state index contributed by atoms with van der Waals surface area (Å²) in [5.74, 6) is 1.93. The van der Waals surface area contributed by atoms with E-state index in [-0.39, 0.29) is 0 Å². The van der Waals surface area contributed by atoms with E-state index in [0.717, 1.165) is 59.8 Å². The molecule has 1 aliphatic rings. The van der Waals surface area contributed by atoms with Gasteiger partial charge in [0, 0.05) is 40.7 Å². The molecule has 2 N–H and O–H groups in total. The minimum atomic E-state index is 0.297. The first-order valence-electron chi connectivity index (χ1n) is 11.2. The number of H-pyrrole nitrogens is 1. The van der Waals surface area contributed by atoms with Gasteiger partial charge in [-0.25, -0.2) is 9.50 Å². The molecule has 4 aromatic heterocycles. The Kier molecular flexibility index (Phi) is 4.53. The van der Waals surface area contributed by atoms with Gasteiger partial charge in [0.25, 0.3) is 0 Å². The Bertz CT molecular complexity index is 1400. The molecule has 1 saturated heterocycles. The average molecular weight is 428 g/mol. The van der Waals surface area contributed by atoms with Gasteiger partial charge in [0.2, 0.25) is 11.8 Å². The second kappa shape index (κ2) is 7.56. The fourth-order valence-electron chi connectivity index (χ4n) is 4.72. The van der Waals surface area contributed by atoms with Crippen LogP contribution in [0.25, 0.3) is 39.3 Å². The molecule has 1 aliphatic heterocycles. The van der Waals surface area contributed by atoms with Crippen LogP contribution >= 0.6 is 0 Å². The molecule has 162 valence electrons. The molecule has 5 aromatic rings. The Labute approximate surface area is 185 Å². The van der Waals surface area contributed by atoms with Crippen molar-refractivity contribution in [2.75, 3.05) is 13.1 Å². The zero-order valence-corrected chi connectivity index (χ0v) is 18.2. The number of hydrogen-bond acceptors (Lipinski definition) is 6. The van der Waals surface area contributed by atoms with Crippen LogP contribution in [0.4, 0.5) is 0 Å². The monoisotopic (exact) mass is 427 g/mol. The Balaban J connectivity index is 1.43. The third kappa shape index (κ3) is 3.18.